The van der Waals surface area contributed by atoms with Crippen molar-refractivity contribution in [3.05, 3.63) is 35.4 Å². The van der Waals surface area contributed by atoms with Gasteiger partial charge in [0.1, 0.15) is 12.0 Å². The zero-order chi connectivity index (χ0) is 22.0. The average Bonchev–Trinajstić information content (AvgIpc) is 2.64. The van der Waals surface area contributed by atoms with Crippen LogP contribution in [-0.2, 0) is 25.3 Å². The van der Waals surface area contributed by atoms with E-state index in [9.17, 15) is 22.8 Å². The van der Waals surface area contributed by atoms with E-state index < -0.39 is 42.1 Å². The minimum absolute atomic E-state index is 0.334. The summed E-state index contributed by atoms with van der Waals surface area (Å²) in [7, 11) is 1.55. The van der Waals surface area contributed by atoms with Crippen molar-refractivity contribution >= 4 is 17.7 Å². The molecule has 0 saturated heterocycles. The van der Waals surface area contributed by atoms with Crippen molar-refractivity contribution in [1.29, 1.82) is 0 Å². The minimum atomic E-state index is -4.47. The maximum atomic E-state index is 12.8. The zero-order valence-electron chi connectivity index (χ0n) is 16.1. The fraction of sp³-hybridized carbons (Fsp3) is 0.526. The third-order valence-electron chi connectivity index (χ3n) is 4.17. The van der Waals surface area contributed by atoms with E-state index >= 15 is 0 Å². The number of halogens is 3. The van der Waals surface area contributed by atoms with Crippen LogP contribution in [0.1, 0.15) is 43.7 Å². The first kappa shape index (κ1) is 24.4. The molecule has 0 fully saturated rings. The molecule has 0 heterocycles. The Morgan fingerprint density at radius 1 is 1.14 bits per heavy atom. The topological polar surface area (TPSA) is 105 Å². The largest absolute Gasteiger partial charge is 0.481 e. The summed E-state index contributed by atoms with van der Waals surface area (Å²) in [6, 6.07) is 4.37. The number of alkyl halides is 3. The monoisotopic (exact) mass is 419 g/mol. The number of oxime groups is 1. The number of ether oxygens (including phenoxy) is 1. The van der Waals surface area contributed by atoms with Gasteiger partial charge in [-0.2, -0.15) is 13.2 Å². The van der Waals surface area contributed by atoms with Gasteiger partial charge < -0.3 is 19.8 Å². The molecule has 0 aliphatic carbocycles. The molecule has 1 aromatic rings. The highest BCUT2D eigenvalue weighted by Crippen LogP contribution is 2.29. The summed E-state index contributed by atoms with van der Waals surface area (Å²) in [5, 5.41) is 21.9. The lowest BCUT2D eigenvalue weighted by molar-refractivity contribution is -0.153. The summed E-state index contributed by atoms with van der Waals surface area (Å²) < 4.78 is 43.2. The summed E-state index contributed by atoms with van der Waals surface area (Å²) in [6.07, 6.45) is -4.50. The van der Waals surface area contributed by atoms with Crippen molar-refractivity contribution in [2.24, 2.45) is 11.1 Å². The first-order chi connectivity index (χ1) is 13.6. The number of methoxy groups -OCH3 is 1. The summed E-state index contributed by atoms with van der Waals surface area (Å²) >= 11 is 0. The molecule has 1 rings (SSSR count). The second-order valence-electron chi connectivity index (χ2n) is 6.42. The van der Waals surface area contributed by atoms with E-state index in [2.05, 4.69) is 5.16 Å². The normalized spacial score (nSPS) is 14.3. The second-order valence-corrected chi connectivity index (χ2v) is 6.42. The minimum Gasteiger partial charge on any atom is -0.481 e. The van der Waals surface area contributed by atoms with Gasteiger partial charge in [0.2, 0.25) is 0 Å². The van der Waals surface area contributed by atoms with Crippen LogP contribution in [0.5, 0.6) is 0 Å². The molecule has 0 saturated carbocycles. The molecule has 29 heavy (non-hydrogen) atoms. The van der Waals surface area contributed by atoms with Crippen LogP contribution in [0.4, 0.5) is 13.2 Å². The summed E-state index contributed by atoms with van der Waals surface area (Å²) in [5.74, 6) is -3.95. The van der Waals surface area contributed by atoms with E-state index in [1.54, 1.807) is 7.11 Å². The van der Waals surface area contributed by atoms with Gasteiger partial charge in [-0.3, -0.25) is 9.59 Å². The fourth-order valence-electron chi connectivity index (χ4n) is 2.50. The lowest BCUT2D eigenvalue weighted by Crippen LogP contribution is -2.29. The smallest absolute Gasteiger partial charge is 0.416 e. The number of benzene rings is 1. The number of nitrogens with zero attached hydrogens (tertiary/aromatic N) is 1. The Morgan fingerprint density at radius 2 is 1.76 bits per heavy atom. The molecule has 0 aliphatic heterocycles. The molecule has 10 heteroatoms. The second kappa shape index (κ2) is 11.4. The molecule has 0 aromatic heterocycles. The molecule has 2 atom stereocenters. The van der Waals surface area contributed by atoms with Gasteiger partial charge in [0.05, 0.1) is 17.7 Å². The van der Waals surface area contributed by atoms with E-state index in [0.29, 0.717) is 37.1 Å². The Hall–Kier alpha value is -2.62. The molecule has 0 bridgehead atoms. The quantitative estimate of drug-likeness (QED) is 0.303. The van der Waals surface area contributed by atoms with E-state index in [1.165, 1.54) is 19.1 Å². The van der Waals surface area contributed by atoms with Crippen LogP contribution in [0.3, 0.4) is 0 Å². The van der Waals surface area contributed by atoms with Gasteiger partial charge in [-0.1, -0.05) is 17.3 Å². The molecule has 0 spiro atoms. The fourth-order valence-corrected chi connectivity index (χ4v) is 2.50. The van der Waals surface area contributed by atoms with Crippen molar-refractivity contribution in [2.75, 3.05) is 13.7 Å². The van der Waals surface area contributed by atoms with E-state index in [0.717, 1.165) is 12.1 Å². The number of hydrogen-bond acceptors (Lipinski definition) is 5. The van der Waals surface area contributed by atoms with Crippen LogP contribution >= 0.6 is 0 Å². The van der Waals surface area contributed by atoms with Gasteiger partial charge in [-0.05, 0) is 43.9 Å². The Labute approximate surface area is 166 Å². The molecular weight excluding hydrogens is 395 g/mol. The van der Waals surface area contributed by atoms with Crippen LogP contribution in [0.15, 0.2) is 29.4 Å². The van der Waals surface area contributed by atoms with Gasteiger partial charge in [0.25, 0.3) is 0 Å². The lowest BCUT2D eigenvalue weighted by atomic mass is 10.0. The number of hydrogen-bond donors (Lipinski definition) is 2. The summed E-state index contributed by atoms with van der Waals surface area (Å²) in [4.78, 5) is 27.3. The van der Waals surface area contributed by atoms with Gasteiger partial charge in [0, 0.05) is 13.7 Å². The molecule has 1 aromatic carbocycles. The Morgan fingerprint density at radius 3 is 2.24 bits per heavy atom. The van der Waals surface area contributed by atoms with Gasteiger partial charge >= 0.3 is 18.1 Å². The number of rotatable bonds is 12. The molecule has 162 valence electrons. The summed E-state index contributed by atoms with van der Waals surface area (Å²) in [6.45, 7) is 1.87. The molecule has 7 nitrogen and oxygen atoms in total. The third kappa shape index (κ3) is 8.51. The van der Waals surface area contributed by atoms with Crippen molar-refractivity contribution in [1.82, 2.24) is 0 Å². The van der Waals surface area contributed by atoms with Crippen LogP contribution < -0.4 is 0 Å². The molecule has 2 N–H and O–H groups in total. The highest BCUT2D eigenvalue weighted by molar-refractivity contribution is 6.00. The number of carboxylic acids is 2. The predicted octanol–water partition coefficient (Wildman–Crippen LogP) is 3.81. The molecular formula is C19H24F3NO6. The Balaban J connectivity index is 3.01. The number of aliphatic carboxylic acids is 2. The van der Waals surface area contributed by atoms with Crippen LogP contribution in [-0.4, -0.2) is 47.7 Å². The third-order valence-corrected chi connectivity index (χ3v) is 4.17. The van der Waals surface area contributed by atoms with Crippen LogP contribution in [0, 0.1) is 5.92 Å². The van der Waals surface area contributed by atoms with Gasteiger partial charge in [-0.25, -0.2) is 0 Å². The number of carbonyl (C=O) groups is 2. The van der Waals surface area contributed by atoms with Crippen molar-refractivity contribution < 1.29 is 42.5 Å². The highest BCUT2D eigenvalue weighted by atomic mass is 19.4. The lowest BCUT2D eigenvalue weighted by Gasteiger charge is -2.17. The first-order valence-corrected chi connectivity index (χ1v) is 8.90. The summed E-state index contributed by atoms with van der Waals surface area (Å²) in [5.41, 5.74) is -0.0736. The SMILES string of the molecule is COCCCC/C(=N\OC(C)C(CC(=O)O)C(=O)O)c1ccc(C(F)(F)F)cc1. The van der Waals surface area contributed by atoms with Crippen LogP contribution in [0.25, 0.3) is 0 Å². The van der Waals surface area contributed by atoms with Crippen molar-refractivity contribution in [2.45, 2.75) is 44.9 Å². The van der Waals surface area contributed by atoms with Crippen LogP contribution in [0.2, 0.25) is 0 Å². The van der Waals surface area contributed by atoms with E-state index in [-0.39, 0.29) is 0 Å². The maximum absolute atomic E-state index is 12.8. The molecule has 0 radical (unpaired) electrons. The average molecular weight is 419 g/mol. The van der Waals surface area contributed by atoms with Gasteiger partial charge in [-0.15, -0.1) is 0 Å². The molecule has 0 amide bonds. The maximum Gasteiger partial charge on any atom is 0.416 e. The van der Waals surface area contributed by atoms with Crippen molar-refractivity contribution in [3.8, 4) is 0 Å². The highest BCUT2D eigenvalue weighted by Gasteiger charge is 2.31. The first-order valence-electron chi connectivity index (χ1n) is 8.90. The van der Waals surface area contributed by atoms with Gasteiger partial charge in [0.15, 0.2) is 0 Å². The van der Waals surface area contributed by atoms with E-state index in [1.807, 2.05) is 0 Å². The Bertz CT molecular complexity index is 703. The Kier molecular flexibility index (Phi) is 9.60. The van der Waals surface area contributed by atoms with Crippen molar-refractivity contribution in [3.63, 3.8) is 0 Å². The molecule has 0 aliphatic rings. The zero-order valence-corrected chi connectivity index (χ0v) is 16.1. The standard InChI is InChI=1S/C19H24F3NO6/c1-12(15(18(26)27)11-17(24)25)29-23-16(5-3-4-10-28-2)13-6-8-14(9-7-13)19(20,21)22/h6-9,12,15H,3-5,10-11H2,1-2H3,(H,24,25)(H,26,27)/b23-16+. The molecule has 2 unspecified atom stereocenters. The van der Waals surface area contributed by atoms with E-state index in [4.69, 9.17) is 19.8 Å². The predicted molar refractivity (Wildman–Crippen MR) is 97.6 cm³/mol. The number of unbranched alkanes of at least 4 members (excludes halogenated alkanes) is 1. The number of carboxylic acid groups (broad SMARTS) is 2.